The van der Waals surface area contributed by atoms with Gasteiger partial charge in [0.1, 0.15) is 0 Å². The van der Waals surface area contributed by atoms with Crippen molar-refractivity contribution in [3.63, 3.8) is 0 Å². The molecule has 1 aliphatic heterocycles. The number of thioether (sulfide) groups is 1. The molecule has 0 amide bonds. The van der Waals surface area contributed by atoms with E-state index in [0.717, 1.165) is 23.7 Å². The summed E-state index contributed by atoms with van der Waals surface area (Å²) >= 11 is 6.70. The van der Waals surface area contributed by atoms with Crippen molar-refractivity contribution in [2.75, 3.05) is 19.3 Å². The summed E-state index contributed by atoms with van der Waals surface area (Å²) < 4.78 is 0.923. The van der Waals surface area contributed by atoms with Crippen LogP contribution in [0.2, 0.25) is 0 Å². The van der Waals surface area contributed by atoms with Gasteiger partial charge in [-0.15, -0.1) is 11.8 Å². The molecule has 0 spiro atoms. The molecular formula is C7H13N2S2. The molecule has 0 aromatic carbocycles. The molecule has 63 valence electrons. The Morgan fingerprint density at radius 2 is 2.55 bits per heavy atom. The summed E-state index contributed by atoms with van der Waals surface area (Å²) in [6.07, 6.45) is 3.09. The van der Waals surface area contributed by atoms with Crippen molar-refractivity contribution in [1.82, 2.24) is 5.32 Å². The maximum atomic E-state index is 5.91. The zero-order valence-corrected chi connectivity index (χ0v) is 8.25. The fourth-order valence-corrected chi connectivity index (χ4v) is 1.88. The highest BCUT2D eigenvalue weighted by atomic mass is 32.2. The maximum absolute atomic E-state index is 5.91. The zero-order chi connectivity index (χ0) is 8.27. The van der Waals surface area contributed by atoms with Crippen molar-refractivity contribution in [2.45, 2.75) is 12.5 Å². The second-order valence-corrected chi connectivity index (χ2v) is 4.27. The van der Waals surface area contributed by atoms with Gasteiger partial charge < -0.3 is 5.73 Å². The van der Waals surface area contributed by atoms with Crippen LogP contribution in [0.15, 0.2) is 0 Å². The van der Waals surface area contributed by atoms with E-state index in [0.29, 0.717) is 5.92 Å². The summed E-state index contributed by atoms with van der Waals surface area (Å²) in [5, 5.41) is 4.25. The Labute approximate surface area is 77.3 Å². The lowest BCUT2D eigenvalue weighted by Crippen LogP contribution is -2.36. The van der Waals surface area contributed by atoms with Crippen molar-refractivity contribution in [1.29, 1.82) is 0 Å². The van der Waals surface area contributed by atoms with E-state index in [4.69, 9.17) is 18.0 Å². The minimum Gasteiger partial charge on any atom is -0.323 e. The summed E-state index contributed by atoms with van der Waals surface area (Å²) in [6, 6.07) is 0.0752. The Balaban J connectivity index is 2.39. The molecule has 0 saturated carbocycles. The van der Waals surface area contributed by atoms with Gasteiger partial charge in [0.2, 0.25) is 0 Å². The Morgan fingerprint density at radius 1 is 1.82 bits per heavy atom. The zero-order valence-electron chi connectivity index (χ0n) is 6.62. The van der Waals surface area contributed by atoms with Gasteiger partial charge in [-0.2, -0.15) is 0 Å². The summed E-state index contributed by atoms with van der Waals surface area (Å²) in [6.45, 7) is 1.87. The predicted octanol–water partition coefficient (Wildman–Crippen LogP) is 0.628. The molecule has 2 N–H and O–H groups in total. The van der Waals surface area contributed by atoms with Crippen LogP contribution in [0.25, 0.3) is 0 Å². The van der Waals surface area contributed by atoms with Crippen LogP contribution in [-0.4, -0.2) is 29.6 Å². The highest BCUT2D eigenvalue weighted by molar-refractivity contribution is 8.22. The number of nitrogens with two attached hydrogens (primary N) is 1. The normalized spacial score (nSPS) is 26.9. The SMILES string of the molecule is CSC(=S)C(N)C1CC[N]C1. The fourth-order valence-electron chi connectivity index (χ4n) is 1.23. The number of thiocarbonyl (C=S) groups is 1. The molecule has 1 aliphatic rings. The quantitative estimate of drug-likeness (QED) is 0.648. The lowest BCUT2D eigenvalue weighted by atomic mass is 10.0. The van der Waals surface area contributed by atoms with Crippen LogP contribution in [0.5, 0.6) is 0 Å². The monoisotopic (exact) mass is 189 g/mol. The minimum atomic E-state index is 0.0752. The standard InChI is InChI=1S/C7H13N2S2/c1-11-7(10)6(8)5-2-3-9-4-5/h5-6H,2-4,8H2,1H3. The van der Waals surface area contributed by atoms with Crippen LogP contribution in [0, 0.1) is 5.92 Å². The molecule has 2 unspecified atom stereocenters. The van der Waals surface area contributed by atoms with E-state index < -0.39 is 0 Å². The lowest BCUT2D eigenvalue weighted by Gasteiger charge is -2.16. The van der Waals surface area contributed by atoms with Gasteiger partial charge in [-0.25, -0.2) is 5.32 Å². The summed E-state index contributed by atoms with van der Waals surface area (Å²) in [5.41, 5.74) is 5.91. The molecule has 11 heavy (non-hydrogen) atoms. The van der Waals surface area contributed by atoms with E-state index in [-0.39, 0.29) is 6.04 Å². The Kier molecular flexibility index (Phi) is 3.78. The van der Waals surface area contributed by atoms with Crippen molar-refractivity contribution in [3.05, 3.63) is 0 Å². The first-order chi connectivity index (χ1) is 5.25. The number of hydrogen-bond acceptors (Lipinski definition) is 3. The van der Waals surface area contributed by atoms with Gasteiger partial charge >= 0.3 is 0 Å². The van der Waals surface area contributed by atoms with Gasteiger partial charge in [-0.05, 0) is 18.6 Å². The molecule has 4 heteroatoms. The molecule has 1 radical (unpaired) electrons. The third-order valence-corrected chi connectivity index (χ3v) is 3.45. The summed E-state index contributed by atoms with van der Waals surface area (Å²) in [7, 11) is 0. The van der Waals surface area contributed by atoms with E-state index >= 15 is 0 Å². The summed E-state index contributed by atoms with van der Waals surface area (Å²) in [4.78, 5) is 0. The molecule has 2 nitrogen and oxygen atoms in total. The van der Waals surface area contributed by atoms with Crippen LogP contribution in [-0.2, 0) is 0 Å². The van der Waals surface area contributed by atoms with Gasteiger partial charge in [-0.1, -0.05) is 12.2 Å². The molecular weight excluding hydrogens is 176 g/mol. The first kappa shape index (κ1) is 9.45. The molecule has 1 saturated heterocycles. The van der Waals surface area contributed by atoms with Crippen molar-refractivity contribution >= 4 is 28.2 Å². The van der Waals surface area contributed by atoms with Gasteiger partial charge in [0.05, 0.1) is 10.2 Å². The average Bonchev–Trinajstić information content (AvgIpc) is 2.53. The molecule has 0 bridgehead atoms. The smallest absolute Gasteiger partial charge is 0.0647 e. The molecule has 2 atom stereocenters. The van der Waals surface area contributed by atoms with Crippen molar-refractivity contribution in [2.24, 2.45) is 11.7 Å². The molecule has 0 aromatic rings. The number of hydrogen-bond donors (Lipinski definition) is 1. The fraction of sp³-hybridized carbons (Fsp3) is 0.857. The third kappa shape index (κ3) is 2.40. The Morgan fingerprint density at radius 3 is 3.00 bits per heavy atom. The molecule has 1 rings (SSSR count). The van der Waals surface area contributed by atoms with Gasteiger partial charge in [0.15, 0.2) is 0 Å². The highest BCUT2D eigenvalue weighted by Crippen LogP contribution is 2.17. The first-order valence-corrected chi connectivity index (χ1v) is 5.35. The largest absolute Gasteiger partial charge is 0.323 e. The van der Waals surface area contributed by atoms with E-state index in [1.54, 1.807) is 11.8 Å². The second-order valence-electron chi connectivity index (χ2n) is 2.73. The average molecular weight is 189 g/mol. The van der Waals surface area contributed by atoms with Crippen molar-refractivity contribution in [3.8, 4) is 0 Å². The molecule has 1 fully saturated rings. The van der Waals surface area contributed by atoms with Gasteiger partial charge in [-0.3, -0.25) is 0 Å². The van der Waals surface area contributed by atoms with Crippen LogP contribution in [0.4, 0.5) is 0 Å². The number of rotatable bonds is 2. The topological polar surface area (TPSA) is 40.1 Å². The van der Waals surface area contributed by atoms with Gasteiger partial charge in [0.25, 0.3) is 0 Å². The van der Waals surface area contributed by atoms with Crippen molar-refractivity contribution < 1.29 is 0 Å². The summed E-state index contributed by atoms with van der Waals surface area (Å²) in [5.74, 6) is 0.509. The van der Waals surface area contributed by atoms with E-state index in [9.17, 15) is 0 Å². The lowest BCUT2D eigenvalue weighted by molar-refractivity contribution is 0.545. The van der Waals surface area contributed by atoms with Crippen LogP contribution in [0.3, 0.4) is 0 Å². The Bertz CT molecular complexity index is 143. The van der Waals surface area contributed by atoms with Gasteiger partial charge in [0, 0.05) is 13.1 Å². The van der Waals surface area contributed by atoms with E-state index in [1.807, 2.05) is 6.26 Å². The number of nitrogens with zero attached hydrogens (tertiary/aromatic N) is 1. The second kappa shape index (κ2) is 4.40. The maximum Gasteiger partial charge on any atom is 0.0647 e. The van der Waals surface area contributed by atoms with Crippen LogP contribution < -0.4 is 11.1 Å². The molecule has 0 aromatic heterocycles. The van der Waals surface area contributed by atoms with Crippen LogP contribution in [0.1, 0.15) is 6.42 Å². The molecule has 0 aliphatic carbocycles. The minimum absolute atomic E-state index is 0.0752. The Hall–Kier alpha value is 0.360. The molecule has 1 heterocycles. The van der Waals surface area contributed by atoms with E-state index in [2.05, 4.69) is 5.32 Å². The van der Waals surface area contributed by atoms with E-state index in [1.165, 1.54) is 0 Å². The first-order valence-electron chi connectivity index (χ1n) is 3.72. The predicted molar refractivity (Wildman–Crippen MR) is 54.1 cm³/mol. The third-order valence-electron chi connectivity index (χ3n) is 2.00. The highest BCUT2D eigenvalue weighted by Gasteiger charge is 2.24. The van der Waals surface area contributed by atoms with Crippen LogP contribution >= 0.6 is 24.0 Å².